The number of alkyl halides is 6. The second-order valence-electron chi connectivity index (χ2n) is 8.36. The van der Waals surface area contributed by atoms with Gasteiger partial charge in [-0.3, -0.25) is 19.8 Å². The Hall–Kier alpha value is -3.73. The third-order valence-electron chi connectivity index (χ3n) is 5.54. The molecule has 2 aliphatic heterocycles. The summed E-state index contributed by atoms with van der Waals surface area (Å²) in [6, 6.07) is 6.18. The van der Waals surface area contributed by atoms with Crippen LogP contribution < -0.4 is 0 Å². The number of rotatable bonds is 4. The zero-order valence-corrected chi connectivity index (χ0v) is 20.4. The quantitative estimate of drug-likeness (QED) is 0.472. The fourth-order valence-corrected chi connectivity index (χ4v) is 3.60. The van der Waals surface area contributed by atoms with Crippen LogP contribution in [0.4, 0.5) is 26.3 Å². The third-order valence-corrected chi connectivity index (χ3v) is 5.54. The van der Waals surface area contributed by atoms with E-state index in [9.17, 15) is 31.1 Å². The number of nitrogens with zero attached hydrogens (tertiary/aromatic N) is 4. The van der Waals surface area contributed by atoms with Crippen molar-refractivity contribution in [2.45, 2.75) is 44.3 Å². The summed E-state index contributed by atoms with van der Waals surface area (Å²) in [5.74, 6) is -5.58. The average molecular weight is 569 g/mol. The largest absolute Gasteiger partial charge is 0.490 e. The lowest BCUT2D eigenvalue weighted by atomic mass is 10.0. The number of carboxylic acid groups (broad SMARTS) is 2. The van der Waals surface area contributed by atoms with Crippen LogP contribution in [0.5, 0.6) is 0 Å². The molecule has 1 fully saturated rings. The number of carboxylic acids is 2. The van der Waals surface area contributed by atoms with E-state index < -0.39 is 24.3 Å². The van der Waals surface area contributed by atoms with E-state index in [1.807, 2.05) is 18.2 Å². The van der Waals surface area contributed by atoms with Gasteiger partial charge >= 0.3 is 24.3 Å². The molecular weight excluding hydrogens is 544 g/mol. The van der Waals surface area contributed by atoms with Gasteiger partial charge in [0.25, 0.3) is 5.91 Å². The number of hydrogen-bond donors (Lipinski definition) is 3. The Morgan fingerprint density at radius 2 is 1.74 bits per heavy atom. The van der Waals surface area contributed by atoms with E-state index in [1.54, 1.807) is 18.1 Å². The van der Waals surface area contributed by atoms with E-state index in [-0.39, 0.29) is 5.91 Å². The molecule has 0 aromatic carbocycles. The molecule has 0 saturated carbocycles. The normalized spacial score (nSPS) is 17.2. The molecule has 0 spiro atoms. The molecule has 2 aliphatic rings. The first-order valence-corrected chi connectivity index (χ1v) is 11.2. The van der Waals surface area contributed by atoms with Crippen LogP contribution in [0.1, 0.15) is 33.9 Å². The third kappa shape index (κ3) is 9.51. The topological polar surface area (TPSA) is 149 Å². The first-order valence-electron chi connectivity index (χ1n) is 11.2. The number of pyridine rings is 1. The van der Waals surface area contributed by atoms with Crippen molar-refractivity contribution in [1.82, 2.24) is 25.0 Å². The maximum Gasteiger partial charge on any atom is 0.490 e. The zero-order chi connectivity index (χ0) is 29.4. The van der Waals surface area contributed by atoms with Crippen molar-refractivity contribution in [2.24, 2.45) is 0 Å². The number of halogens is 6. The fraction of sp³-hybridized carbons (Fsp3) is 0.500. The number of hydrogen-bond acceptors (Lipinski definition) is 7. The van der Waals surface area contributed by atoms with Gasteiger partial charge in [-0.15, -0.1) is 0 Å². The number of ether oxygens (including phenoxy) is 1. The van der Waals surface area contributed by atoms with Crippen LogP contribution in [0.3, 0.4) is 0 Å². The molecule has 17 heteroatoms. The number of carbonyl (C=O) groups is 3. The Labute approximate surface area is 217 Å². The van der Waals surface area contributed by atoms with E-state index in [1.165, 1.54) is 0 Å². The van der Waals surface area contributed by atoms with E-state index in [0.29, 0.717) is 18.3 Å². The molecule has 3 N–H and O–H groups in total. The van der Waals surface area contributed by atoms with E-state index >= 15 is 0 Å². The number of aliphatic carboxylic acids is 2. The van der Waals surface area contributed by atoms with E-state index in [4.69, 9.17) is 24.5 Å². The van der Waals surface area contributed by atoms with Crippen molar-refractivity contribution in [1.29, 1.82) is 0 Å². The summed E-state index contributed by atoms with van der Waals surface area (Å²) in [6.45, 7) is 3.84. The van der Waals surface area contributed by atoms with Gasteiger partial charge in [0, 0.05) is 56.7 Å². The minimum absolute atomic E-state index is 0.0623. The molecule has 0 radical (unpaired) electrons. The minimum atomic E-state index is -5.08. The highest BCUT2D eigenvalue weighted by molar-refractivity contribution is 5.93. The van der Waals surface area contributed by atoms with Crippen LogP contribution in [0.25, 0.3) is 0 Å². The Balaban J connectivity index is 0.000000317. The number of aromatic nitrogens is 3. The number of nitrogens with one attached hydrogen (secondary N) is 1. The second kappa shape index (κ2) is 13.4. The molecule has 39 heavy (non-hydrogen) atoms. The molecule has 1 amide bonds. The van der Waals surface area contributed by atoms with Gasteiger partial charge in [0.1, 0.15) is 0 Å². The molecule has 4 heterocycles. The van der Waals surface area contributed by atoms with Gasteiger partial charge in [0.2, 0.25) is 0 Å². The summed E-state index contributed by atoms with van der Waals surface area (Å²) >= 11 is 0. The fourth-order valence-electron chi connectivity index (χ4n) is 3.60. The van der Waals surface area contributed by atoms with Crippen molar-refractivity contribution in [2.75, 3.05) is 26.8 Å². The molecule has 1 unspecified atom stereocenters. The Bertz CT molecular complexity index is 1090. The standard InChI is InChI=1S/C18H23N5O2.2C2HF3O2/c1-22(10-13-4-2-3-7-19-13)18(24)17-15-11-23(14-6-9-25-12-14)8-5-16(15)20-21-17;2*3-2(4,5)1(6)7/h2-4,7,14H,5-6,8-12H2,1H3,(H,20,21);2*(H,6,7). The smallest absolute Gasteiger partial charge is 0.475 e. The second-order valence-corrected chi connectivity index (χ2v) is 8.36. The summed E-state index contributed by atoms with van der Waals surface area (Å²) in [4.78, 5) is 39.1. The maximum atomic E-state index is 12.9. The monoisotopic (exact) mass is 569 g/mol. The summed E-state index contributed by atoms with van der Waals surface area (Å²) in [7, 11) is 1.80. The van der Waals surface area contributed by atoms with Gasteiger partial charge < -0.3 is 19.8 Å². The van der Waals surface area contributed by atoms with Gasteiger partial charge in [-0.1, -0.05) is 6.07 Å². The number of H-pyrrole nitrogens is 1. The van der Waals surface area contributed by atoms with Crippen molar-refractivity contribution in [3.05, 3.63) is 47.0 Å². The van der Waals surface area contributed by atoms with E-state index in [2.05, 4.69) is 20.1 Å². The van der Waals surface area contributed by atoms with Crippen molar-refractivity contribution < 1.29 is 55.7 Å². The highest BCUT2D eigenvalue weighted by Crippen LogP contribution is 2.25. The first kappa shape index (κ1) is 31.5. The molecule has 4 rings (SSSR count). The lowest BCUT2D eigenvalue weighted by molar-refractivity contribution is -0.193. The summed E-state index contributed by atoms with van der Waals surface area (Å²) in [5, 5.41) is 21.6. The van der Waals surface area contributed by atoms with Gasteiger partial charge in [-0.2, -0.15) is 31.4 Å². The molecule has 0 aliphatic carbocycles. The molecule has 0 bridgehead atoms. The van der Waals surface area contributed by atoms with Gasteiger partial charge in [0.05, 0.1) is 18.8 Å². The van der Waals surface area contributed by atoms with Gasteiger partial charge in [-0.05, 0) is 18.6 Å². The predicted molar refractivity (Wildman–Crippen MR) is 119 cm³/mol. The average Bonchev–Trinajstić information content (AvgIpc) is 3.54. The molecule has 2 aromatic rings. The van der Waals surface area contributed by atoms with Crippen LogP contribution in [0, 0.1) is 0 Å². The van der Waals surface area contributed by atoms with Crippen molar-refractivity contribution >= 4 is 17.8 Å². The molecule has 1 saturated heterocycles. The molecule has 11 nitrogen and oxygen atoms in total. The molecule has 2 aromatic heterocycles. The number of amides is 1. The highest BCUT2D eigenvalue weighted by Gasteiger charge is 2.39. The SMILES string of the molecule is CN(Cc1ccccn1)C(=O)c1n[nH]c2c1CN(C1CCOC1)CC2.O=C(O)C(F)(F)F.O=C(O)C(F)(F)F. The Morgan fingerprint density at radius 3 is 2.23 bits per heavy atom. The molecule has 1 atom stereocenters. The molecular formula is C22H25F6N5O6. The highest BCUT2D eigenvalue weighted by atomic mass is 19.4. The van der Waals surface area contributed by atoms with Crippen LogP contribution in [0.2, 0.25) is 0 Å². The van der Waals surface area contributed by atoms with Crippen molar-refractivity contribution in [3.8, 4) is 0 Å². The van der Waals surface area contributed by atoms with Crippen molar-refractivity contribution in [3.63, 3.8) is 0 Å². The predicted octanol–water partition coefficient (Wildman–Crippen LogP) is 2.49. The molecule has 216 valence electrons. The maximum absolute atomic E-state index is 12.9. The Kier molecular flexibility index (Phi) is 10.8. The minimum Gasteiger partial charge on any atom is -0.475 e. The summed E-state index contributed by atoms with van der Waals surface area (Å²) < 4.78 is 69.0. The lowest BCUT2D eigenvalue weighted by Gasteiger charge is -2.31. The van der Waals surface area contributed by atoms with Crippen LogP contribution in [-0.2, 0) is 33.8 Å². The summed E-state index contributed by atoms with van der Waals surface area (Å²) in [6.07, 6.45) is -6.46. The zero-order valence-electron chi connectivity index (χ0n) is 20.4. The first-order chi connectivity index (χ1) is 18.1. The number of aromatic amines is 1. The lowest BCUT2D eigenvalue weighted by Crippen LogP contribution is -2.40. The van der Waals surface area contributed by atoms with Gasteiger partial charge in [-0.25, -0.2) is 9.59 Å². The van der Waals surface area contributed by atoms with E-state index in [0.717, 1.165) is 56.1 Å². The number of fused-ring (bicyclic) bond motifs is 1. The Morgan fingerprint density at radius 1 is 1.13 bits per heavy atom. The van der Waals surface area contributed by atoms with Crippen LogP contribution >= 0.6 is 0 Å². The van der Waals surface area contributed by atoms with Crippen LogP contribution in [0.15, 0.2) is 24.4 Å². The van der Waals surface area contributed by atoms with Gasteiger partial charge in [0.15, 0.2) is 5.69 Å². The summed E-state index contributed by atoms with van der Waals surface area (Å²) in [5.41, 5.74) is 3.53. The number of carbonyl (C=O) groups excluding carboxylic acids is 1. The van der Waals surface area contributed by atoms with Crippen LogP contribution in [-0.4, -0.2) is 98.2 Å².